The highest BCUT2D eigenvalue weighted by Crippen LogP contribution is 2.39. The van der Waals surface area contributed by atoms with Crippen LogP contribution >= 0.6 is 0 Å². The molecule has 52 heavy (non-hydrogen) atoms. The summed E-state index contributed by atoms with van der Waals surface area (Å²) in [6.45, 7) is 4.11. The Balaban J connectivity index is 1.30. The molecule has 7 aromatic carbocycles. The second-order valence-corrected chi connectivity index (χ2v) is 13.2. The molecule has 9 rings (SSSR count). The third-order valence-corrected chi connectivity index (χ3v) is 9.70. The molecule has 246 valence electrons. The van der Waals surface area contributed by atoms with Crippen LogP contribution in [0, 0.1) is 13.8 Å². The predicted octanol–water partition coefficient (Wildman–Crippen LogP) is 12.2. The maximum Gasteiger partial charge on any atom is 0.164 e. The van der Waals surface area contributed by atoms with Crippen LogP contribution in [0.25, 0.3) is 89.1 Å². The van der Waals surface area contributed by atoms with Gasteiger partial charge in [0.25, 0.3) is 0 Å². The first-order chi connectivity index (χ1) is 25.6. The molecule has 4 heteroatoms. The average Bonchev–Trinajstić information content (AvgIpc) is 3.21. The standard InChI is InChI=1S/C48H34N4/c1-31-24-25-41(32(2)49-31)38-27-39(45-30-36-18-9-10-21-42(36)43-22-11-12-23-44(43)45)29-40(28-38)48-51-46(34-16-7-4-8-17-34)50-47(52-48)37-20-13-19-35(26-37)33-14-5-3-6-15-33/h3-30H,1-2H3. The second kappa shape index (κ2) is 13.2. The molecule has 0 bridgehead atoms. The molecule has 2 aromatic heterocycles. The van der Waals surface area contributed by atoms with Gasteiger partial charge in [-0.2, -0.15) is 0 Å². The van der Waals surface area contributed by atoms with E-state index in [0.29, 0.717) is 17.5 Å². The summed E-state index contributed by atoms with van der Waals surface area (Å²) < 4.78 is 0. The van der Waals surface area contributed by atoms with Gasteiger partial charge in [0.15, 0.2) is 17.5 Å². The van der Waals surface area contributed by atoms with E-state index in [1.165, 1.54) is 21.5 Å². The fourth-order valence-electron chi connectivity index (χ4n) is 7.17. The lowest BCUT2D eigenvalue weighted by Crippen LogP contribution is -2.01. The molecule has 2 heterocycles. The van der Waals surface area contributed by atoms with Gasteiger partial charge in [0.05, 0.1) is 0 Å². The van der Waals surface area contributed by atoms with E-state index in [0.717, 1.165) is 61.5 Å². The first-order valence-corrected chi connectivity index (χ1v) is 17.6. The Morgan fingerprint density at radius 3 is 1.56 bits per heavy atom. The summed E-state index contributed by atoms with van der Waals surface area (Å²) in [5, 5.41) is 4.86. The fourth-order valence-corrected chi connectivity index (χ4v) is 7.17. The van der Waals surface area contributed by atoms with Gasteiger partial charge in [0.1, 0.15) is 0 Å². The van der Waals surface area contributed by atoms with E-state index < -0.39 is 0 Å². The Morgan fingerprint density at radius 2 is 0.827 bits per heavy atom. The smallest absolute Gasteiger partial charge is 0.164 e. The molecule has 0 unspecified atom stereocenters. The molecule has 0 N–H and O–H groups in total. The molecule has 0 radical (unpaired) electrons. The van der Waals surface area contributed by atoms with Crippen molar-refractivity contribution >= 4 is 21.5 Å². The minimum atomic E-state index is 0.611. The van der Waals surface area contributed by atoms with Crippen molar-refractivity contribution in [3.8, 4) is 67.5 Å². The number of aromatic nitrogens is 4. The number of aryl methyl sites for hydroxylation is 2. The monoisotopic (exact) mass is 666 g/mol. The highest BCUT2D eigenvalue weighted by molar-refractivity contribution is 6.14. The van der Waals surface area contributed by atoms with Crippen LogP contribution in [0.1, 0.15) is 11.4 Å². The van der Waals surface area contributed by atoms with Gasteiger partial charge in [-0.15, -0.1) is 0 Å². The SMILES string of the molecule is Cc1ccc(-c2cc(-c3nc(-c4ccccc4)nc(-c4cccc(-c5ccccc5)c4)n3)cc(-c3cc4ccccc4c4ccccc34)c2)c(C)n1. The molecule has 0 aliphatic carbocycles. The van der Waals surface area contributed by atoms with Crippen LogP contribution in [-0.4, -0.2) is 19.9 Å². The largest absolute Gasteiger partial charge is 0.258 e. The maximum atomic E-state index is 5.21. The summed E-state index contributed by atoms with van der Waals surface area (Å²) in [6, 6.07) is 59.5. The lowest BCUT2D eigenvalue weighted by molar-refractivity contribution is 1.07. The van der Waals surface area contributed by atoms with Gasteiger partial charge >= 0.3 is 0 Å². The first kappa shape index (κ1) is 31.2. The van der Waals surface area contributed by atoms with Crippen molar-refractivity contribution < 1.29 is 0 Å². The van der Waals surface area contributed by atoms with Crippen molar-refractivity contribution in [2.75, 3.05) is 0 Å². The number of pyridine rings is 1. The molecule has 0 saturated carbocycles. The Morgan fingerprint density at radius 1 is 0.308 bits per heavy atom. The Kier molecular flexibility index (Phi) is 7.90. The third-order valence-electron chi connectivity index (χ3n) is 9.70. The quantitative estimate of drug-likeness (QED) is 0.166. The minimum Gasteiger partial charge on any atom is -0.258 e. The highest BCUT2D eigenvalue weighted by atomic mass is 15.0. The Bertz CT molecular complexity index is 2750. The molecule has 9 aromatic rings. The van der Waals surface area contributed by atoms with Crippen LogP contribution in [-0.2, 0) is 0 Å². The van der Waals surface area contributed by atoms with E-state index in [2.05, 4.69) is 140 Å². The molecular weight excluding hydrogens is 633 g/mol. The van der Waals surface area contributed by atoms with Gasteiger partial charge in [-0.3, -0.25) is 4.98 Å². The summed E-state index contributed by atoms with van der Waals surface area (Å²) >= 11 is 0. The first-order valence-electron chi connectivity index (χ1n) is 17.6. The van der Waals surface area contributed by atoms with Crippen molar-refractivity contribution in [1.82, 2.24) is 19.9 Å². The van der Waals surface area contributed by atoms with Crippen LogP contribution in [0.5, 0.6) is 0 Å². The molecule has 0 aliphatic rings. The predicted molar refractivity (Wildman–Crippen MR) is 215 cm³/mol. The number of hydrogen-bond donors (Lipinski definition) is 0. The highest BCUT2D eigenvalue weighted by Gasteiger charge is 2.17. The van der Waals surface area contributed by atoms with Gasteiger partial charge < -0.3 is 0 Å². The Labute approximate surface area is 303 Å². The Hall–Kier alpha value is -6.78. The number of benzene rings is 7. The topological polar surface area (TPSA) is 51.6 Å². The molecular formula is C48H34N4. The lowest BCUT2D eigenvalue weighted by Gasteiger charge is -2.16. The summed E-state index contributed by atoms with van der Waals surface area (Å²) in [5.41, 5.74) is 11.4. The van der Waals surface area contributed by atoms with Crippen molar-refractivity contribution in [1.29, 1.82) is 0 Å². The van der Waals surface area contributed by atoms with E-state index in [1.54, 1.807) is 0 Å². The maximum absolute atomic E-state index is 5.21. The average molecular weight is 667 g/mol. The van der Waals surface area contributed by atoms with Crippen LogP contribution in [0.4, 0.5) is 0 Å². The van der Waals surface area contributed by atoms with E-state index in [-0.39, 0.29) is 0 Å². The van der Waals surface area contributed by atoms with Crippen molar-refractivity contribution in [3.63, 3.8) is 0 Å². The van der Waals surface area contributed by atoms with Crippen molar-refractivity contribution in [3.05, 3.63) is 181 Å². The molecule has 0 atom stereocenters. The number of rotatable bonds is 6. The lowest BCUT2D eigenvalue weighted by atomic mass is 9.90. The number of nitrogens with zero attached hydrogens (tertiary/aromatic N) is 4. The fraction of sp³-hybridized carbons (Fsp3) is 0.0417. The van der Waals surface area contributed by atoms with E-state index in [1.807, 2.05) is 43.3 Å². The van der Waals surface area contributed by atoms with Gasteiger partial charge in [-0.05, 0) is 99.6 Å². The van der Waals surface area contributed by atoms with Crippen LogP contribution in [0.15, 0.2) is 170 Å². The van der Waals surface area contributed by atoms with Gasteiger partial charge in [0, 0.05) is 33.6 Å². The van der Waals surface area contributed by atoms with Gasteiger partial charge in [-0.1, -0.05) is 133 Å². The zero-order valence-electron chi connectivity index (χ0n) is 29.0. The summed E-state index contributed by atoms with van der Waals surface area (Å²) in [7, 11) is 0. The molecule has 0 aliphatic heterocycles. The molecule has 0 amide bonds. The number of hydrogen-bond acceptors (Lipinski definition) is 4. The summed E-state index contributed by atoms with van der Waals surface area (Å²) in [4.78, 5) is 20.3. The van der Waals surface area contributed by atoms with Gasteiger partial charge in [0.2, 0.25) is 0 Å². The summed E-state index contributed by atoms with van der Waals surface area (Å²) in [5.74, 6) is 1.86. The van der Waals surface area contributed by atoms with Crippen molar-refractivity contribution in [2.45, 2.75) is 13.8 Å². The van der Waals surface area contributed by atoms with Crippen LogP contribution < -0.4 is 0 Å². The zero-order chi connectivity index (χ0) is 35.0. The van der Waals surface area contributed by atoms with E-state index >= 15 is 0 Å². The minimum absolute atomic E-state index is 0.611. The normalized spacial score (nSPS) is 11.3. The van der Waals surface area contributed by atoms with Crippen molar-refractivity contribution in [2.24, 2.45) is 0 Å². The van der Waals surface area contributed by atoms with E-state index in [9.17, 15) is 0 Å². The van der Waals surface area contributed by atoms with Crippen LogP contribution in [0.2, 0.25) is 0 Å². The molecule has 0 saturated heterocycles. The second-order valence-electron chi connectivity index (χ2n) is 13.2. The number of fused-ring (bicyclic) bond motifs is 3. The van der Waals surface area contributed by atoms with E-state index in [4.69, 9.17) is 19.9 Å². The molecule has 4 nitrogen and oxygen atoms in total. The molecule has 0 fully saturated rings. The van der Waals surface area contributed by atoms with Gasteiger partial charge in [-0.25, -0.2) is 15.0 Å². The summed E-state index contributed by atoms with van der Waals surface area (Å²) in [6.07, 6.45) is 0. The zero-order valence-corrected chi connectivity index (χ0v) is 29.0. The third kappa shape index (κ3) is 5.91. The van der Waals surface area contributed by atoms with Crippen LogP contribution in [0.3, 0.4) is 0 Å². The molecule has 0 spiro atoms.